The van der Waals surface area contributed by atoms with Gasteiger partial charge >= 0.3 is 6.09 Å². The number of carbonyl (C=O) groups excluding carboxylic acids is 3. The largest absolute Gasteiger partial charge is 0.445 e. The number of carbonyl (C=O) groups is 3. The molecule has 3 aromatic rings. The molecule has 3 amide bonds. The van der Waals surface area contributed by atoms with Crippen molar-refractivity contribution in [2.24, 2.45) is 0 Å². The number of nitrogens with zero attached hydrogens (tertiary/aromatic N) is 2. The molecule has 10 nitrogen and oxygen atoms in total. The Bertz CT molecular complexity index is 1170. The lowest BCUT2D eigenvalue weighted by Crippen LogP contribution is -2.48. The van der Waals surface area contributed by atoms with Crippen LogP contribution in [0.15, 0.2) is 73.2 Å². The first-order chi connectivity index (χ1) is 18.8. The molecule has 1 aromatic heterocycles. The number of methoxy groups -OCH3 is 1. The molecule has 0 radical (unpaired) electrons. The number of benzene rings is 2. The van der Waals surface area contributed by atoms with Crippen molar-refractivity contribution in [2.45, 2.75) is 31.8 Å². The first kappa shape index (κ1) is 29.4. The Morgan fingerprint density at radius 1 is 1.03 bits per heavy atom. The summed E-state index contributed by atoms with van der Waals surface area (Å²) in [4.78, 5) is 47.3. The van der Waals surface area contributed by atoms with E-state index < -0.39 is 12.0 Å². The Hall–Kier alpha value is -4.18. The van der Waals surface area contributed by atoms with Gasteiger partial charge in [-0.2, -0.15) is 0 Å². The smallest absolute Gasteiger partial charge is 0.407 e. The van der Waals surface area contributed by atoms with Crippen LogP contribution in [-0.4, -0.2) is 72.7 Å². The van der Waals surface area contributed by atoms with Gasteiger partial charge in [-0.1, -0.05) is 74.5 Å². The average Bonchev–Trinajstić information content (AvgIpc) is 3.49. The van der Waals surface area contributed by atoms with Gasteiger partial charge in [0.05, 0.1) is 25.4 Å². The zero-order chi connectivity index (χ0) is 28.1. The summed E-state index contributed by atoms with van der Waals surface area (Å²) in [5.74, 6) is -1.44. The van der Waals surface area contributed by atoms with Crippen molar-refractivity contribution in [1.29, 1.82) is 0 Å². The van der Waals surface area contributed by atoms with Crippen LogP contribution >= 0.6 is 0 Å². The number of ether oxygens (including phenoxy) is 2. The van der Waals surface area contributed by atoms with Gasteiger partial charge in [0.2, 0.25) is 11.8 Å². The van der Waals surface area contributed by atoms with Crippen molar-refractivity contribution >= 4 is 17.9 Å². The molecule has 10 heteroatoms. The highest BCUT2D eigenvalue weighted by atomic mass is 16.5. The summed E-state index contributed by atoms with van der Waals surface area (Å²) in [5.41, 5.74) is 2.17. The topological polar surface area (TPSA) is 126 Å². The highest BCUT2D eigenvalue weighted by molar-refractivity contribution is 5.88. The van der Waals surface area contributed by atoms with E-state index in [9.17, 15) is 14.4 Å². The average molecular weight is 536 g/mol. The molecule has 1 unspecified atom stereocenters. The second-order valence-electron chi connectivity index (χ2n) is 9.78. The fourth-order valence-corrected chi connectivity index (χ4v) is 3.98. The predicted molar refractivity (Wildman–Crippen MR) is 147 cm³/mol. The maximum atomic E-state index is 13.6. The maximum absolute atomic E-state index is 13.6. The summed E-state index contributed by atoms with van der Waals surface area (Å²) in [6.45, 7) is 4.86. The standard InChI is InChI=1S/C29H37N5O5/c1-29(2,23-12-8-5-9-13-23)20-32-26(35)18-34(14-15-38-3)27(36)24(25-17-30-21-33-25)16-31-28(37)39-19-22-10-6-4-7-11-22/h4-13,17,21,24H,14-16,18-20H2,1-3H3,(H,30,33)(H,31,37)(H,32,35). The van der Waals surface area contributed by atoms with Crippen LogP contribution in [0.3, 0.4) is 0 Å². The number of amides is 3. The van der Waals surface area contributed by atoms with Crippen LogP contribution < -0.4 is 10.6 Å². The monoisotopic (exact) mass is 535 g/mol. The van der Waals surface area contributed by atoms with E-state index in [4.69, 9.17) is 9.47 Å². The predicted octanol–water partition coefficient (Wildman–Crippen LogP) is 2.99. The van der Waals surface area contributed by atoms with Crippen LogP contribution in [0.5, 0.6) is 0 Å². The number of H-pyrrole nitrogens is 1. The molecule has 0 saturated heterocycles. The first-order valence-corrected chi connectivity index (χ1v) is 12.8. The lowest BCUT2D eigenvalue weighted by Gasteiger charge is -2.28. The minimum atomic E-state index is -0.804. The molecule has 0 spiro atoms. The second-order valence-corrected chi connectivity index (χ2v) is 9.78. The fraction of sp³-hybridized carbons (Fsp3) is 0.379. The molecule has 1 atom stereocenters. The molecule has 0 aliphatic rings. The van der Waals surface area contributed by atoms with Crippen LogP contribution in [0.25, 0.3) is 0 Å². The minimum absolute atomic E-state index is 0.0409. The van der Waals surface area contributed by atoms with Crippen molar-refractivity contribution in [3.8, 4) is 0 Å². The number of aromatic amines is 1. The third kappa shape index (κ3) is 9.26. The first-order valence-electron chi connectivity index (χ1n) is 12.8. The lowest BCUT2D eigenvalue weighted by molar-refractivity contribution is -0.138. The Labute approximate surface area is 229 Å². The zero-order valence-electron chi connectivity index (χ0n) is 22.7. The van der Waals surface area contributed by atoms with Gasteiger partial charge < -0.3 is 30.0 Å². The molecule has 3 N–H and O–H groups in total. The van der Waals surface area contributed by atoms with Gasteiger partial charge in [0, 0.05) is 44.0 Å². The Balaban J connectivity index is 1.62. The molecule has 2 aromatic carbocycles. The Morgan fingerprint density at radius 2 is 1.72 bits per heavy atom. The summed E-state index contributed by atoms with van der Waals surface area (Å²) < 4.78 is 10.5. The number of alkyl carbamates (subject to hydrolysis) is 1. The molecule has 0 fully saturated rings. The van der Waals surface area contributed by atoms with Gasteiger partial charge in [-0.15, -0.1) is 0 Å². The van der Waals surface area contributed by atoms with Crippen LogP contribution in [0.2, 0.25) is 0 Å². The van der Waals surface area contributed by atoms with Gasteiger partial charge in [-0.3, -0.25) is 9.59 Å². The summed E-state index contributed by atoms with van der Waals surface area (Å²) in [6.07, 6.45) is 2.33. The van der Waals surface area contributed by atoms with Gasteiger partial charge in [0.25, 0.3) is 0 Å². The summed E-state index contributed by atoms with van der Waals surface area (Å²) in [5, 5.41) is 5.62. The van der Waals surface area contributed by atoms with Crippen molar-refractivity contribution in [3.05, 3.63) is 90.0 Å². The summed E-state index contributed by atoms with van der Waals surface area (Å²) >= 11 is 0. The number of hydrogen-bond acceptors (Lipinski definition) is 6. The number of rotatable bonds is 14. The third-order valence-electron chi connectivity index (χ3n) is 6.35. The Kier molecular flexibility index (Phi) is 11.1. The fourth-order valence-electron chi connectivity index (χ4n) is 3.98. The second kappa shape index (κ2) is 14.7. The van der Waals surface area contributed by atoms with E-state index in [-0.39, 0.29) is 50.1 Å². The molecule has 0 saturated carbocycles. The van der Waals surface area contributed by atoms with Crippen LogP contribution in [0.1, 0.15) is 36.6 Å². The molecule has 0 bridgehead atoms. The maximum Gasteiger partial charge on any atom is 0.407 e. The van der Waals surface area contributed by atoms with E-state index in [1.54, 1.807) is 0 Å². The van der Waals surface area contributed by atoms with Crippen molar-refractivity contribution < 1.29 is 23.9 Å². The van der Waals surface area contributed by atoms with E-state index in [2.05, 4.69) is 20.6 Å². The zero-order valence-corrected chi connectivity index (χ0v) is 22.7. The Morgan fingerprint density at radius 3 is 2.36 bits per heavy atom. The molecular formula is C29H37N5O5. The van der Waals surface area contributed by atoms with Gasteiger partial charge in [-0.05, 0) is 11.1 Å². The minimum Gasteiger partial charge on any atom is -0.445 e. The SMILES string of the molecule is COCCN(CC(=O)NCC(C)(C)c1ccccc1)C(=O)C(CNC(=O)OCc1ccccc1)c1cnc[nH]1. The number of hydrogen-bond donors (Lipinski definition) is 3. The summed E-state index contributed by atoms with van der Waals surface area (Å²) in [6, 6.07) is 19.2. The van der Waals surface area contributed by atoms with Gasteiger partial charge in [0.15, 0.2) is 0 Å². The van der Waals surface area contributed by atoms with Crippen molar-refractivity contribution in [2.75, 3.05) is 39.9 Å². The van der Waals surface area contributed by atoms with E-state index in [1.807, 2.05) is 74.5 Å². The van der Waals surface area contributed by atoms with Crippen molar-refractivity contribution in [3.63, 3.8) is 0 Å². The molecule has 39 heavy (non-hydrogen) atoms. The molecule has 0 aliphatic carbocycles. The van der Waals surface area contributed by atoms with Crippen molar-refractivity contribution in [1.82, 2.24) is 25.5 Å². The van der Waals surface area contributed by atoms with E-state index in [0.717, 1.165) is 11.1 Å². The van der Waals surface area contributed by atoms with Crippen LogP contribution in [0, 0.1) is 0 Å². The normalized spacial score (nSPS) is 11.9. The number of aromatic nitrogens is 2. The quantitative estimate of drug-likeness (QED) is 0.291. The van der Waals surface area contributed by atoms with Crippen LogP contribution in [-0.2, 0) is 31.1 Å². The highest BCUT2D eigenvalue weighted by Gasteiger charge is 2.29. The molecule has 1 heterocycles. The molecular weight excluding hydrogens is 498 g/mol. The highest BCUT2D eigenvalue weighted by Crippen LogP contribution is 2.22. The van der Waals surface area contributed by atoms with E-state index >= 15 is 0 Å². The van der Waals surface area contributed by atoms with E-state index in [1.165, 1.54) is 24.5 Å². The molecule has 208 valence electrons. The van der Waals surface area contributed by atoms with Gasteiger partial charge in [-0.25, -0.2) is 9.78 Å². The number of nitrogens with one attached hydrogen (secondary N) is 3. The third-order valence-corrected chi connectivity index (χ3v) is 6.35. The van der Waals surface area contributed by atoms with Gasteiger partial charge in [0.1, 0.15) is 6.61 Å². The number of imidazole rings is 1. The lowest BCUT2D eigenvalue weighted by atomic mass is 9.84. The molecule has 0 aliphatic heterocycles. The van der Waals surface area contributed by atoms with Crippen LogP contribution in [0.4, 0.5) is 4.79 Å². The summed E-state index contributed by atoms with van der Waals surface area (Å²) in [7, 11) is 1.53. The van der Waals surface area contributed by atoms with E-state index in [0.29, 0.717) is 12.2 Å². The molecule has 3 rings (SSSR count).